The van der Waals surface area contributed by atoms with Gasteiger partial charge in [-0.25, -0.2) is 0 Å². The highest BCUT2D eigenvalue weighted by Gasteiger charge is 2.38. The zero-order valence-electron chi connectivity index (χ0n) is 13.2. The minimum atomic E-state index is -0.112. The van der Waals surface area contributed by atoms with Crippen molar-refractivity contribution in [2.75, 3.05) is 39.6 Å². The molecule has 0 radical (unpaired) electrons. The van der Waals surface area contributed by atoms with Crippen LogP contribution in [-0.4, -0.2) is 66.2 Å². The van der Waals surface area contributed by atoms with Crippen LogP contribution in [0.1, 0.15) is 26.2 Å². The Labute approximate surface area is 137 Å². The van der Waals surface area contributed by atoms with Crippen molar-refractivity contribution < 1.29 is 9.53 Å². The predicted octanol–water partition coefficient (Wildman–Crippen LogP) is 1.01. The van der Waals surface area contributed by atoms with Gasteiger partial charge in [0.1, 0.15) is 0 Å². The Morgan fingerprint density at radius 3 is 2.62 bits per heavy atom. The number of nitrogens with one attached hydrogen (secondary N) is 1. The van der Waals surface area contributed by atoms with E-state index in [0.717, 1.165) is 32.4 Å². The number of carbonyl (C=O) groups excluding carboxylic acids is 1. The summed E-state index contributed by atoms with van der Waals surface area (Å²) in [7, 11) is 1.66. The summed E-state index contributed by atoms with van der Waals surface area (Å²) in [6.45, 7) is 4.99. The van der Waals surface area contributed by atoms with E-state index in [4.69, 9.17) is 22.7 Å². The third-order valence-corrected chi connectivity index (χ3v) is 6.13. The maximum Gasteiger partial charge on any atom is 0.237 e. The Balaban J connectivity index is 2.42. The molecular weight excluding hydrogens is 306 g/mol. The molecule has 0 aromatic carbocycles. The van der Waals surface area contributed by atoms with E-state index < -0.39 is 0 Å². The molecular formula is C14H27N3O2S2. The van der Waals surface area contributed by atoms with Crippen molar-refractivity contribution in [3.8, 4) is 0 Å². The molecule has 7 heteroatoms. The van der Waals surface area contributed by atoms with E-state index in [9.17, 15) is 4.79 Å². The Kier molecular flexibility index (Phi) is 7.94. The summed E-state index contributed by atoms with van der Waals surface area (Å²) in [6.07, 6.45) is 4.71. The minimum Gasteiger partial charge on any atom is -0.392 e. The molecule has 1 saturated heterocycles. The highest BCUT2D eigenvalue weighted by Crippen LogP contribution is 2.35. The Bertz CT molecular complexity index is 358. The largest absolute Gasteiger partial charge is 0.392 e. The zero-order chi connectivity index (χ0) is 15.9. The monoisotopic (exact) mass is 333 g/mol. The van der Waals surface area contributed by atoms with Crippen LogP contribution in [0.2, 0.25) is 0 Å². The molecule has 0 aliphatic carbocycles. The van der Waals surface area contributed by atoms with Gasteiger partial charge in [0.25, 0.3) is 0 Å². The predicted molar refractivity (Wildman–Crippen MR) is 92.8 cm³/mol. The number of likely N-dealkylation sites (tertiary alicyclic amines) is 1. The Morgan fingerprint density at radius 2 is 2.14 bits per heavy atom. The summed E-state index contributed by atoms with van der Waals surface area (Å²) in [4.78, 5) is 14.9. The van der Waals surface area contributed by atoms with Crippen molar-refractivity contribution in [2.45, 2.75) is 37.0 Å². The Hall–Kier alpha value is -0.370. The van der Waals surface area contributed by atoms with Crippen LogP contribution in [0.4, 0.5) is 0 Å². The second-order valence-electron chi connectivity index (χ2n) is 5.41. The van der Waals surface area contributed by atoms with Gasteiger partial charge in [-0.1, -0.05) is 12.2 Å². The molecule has 1 amide bonds. The van der Waals surface area contributed by atoms with E-state index >= 15 is 0 Å². The van der Waals surface area contributed by atoms with Gasteiger partial charge in [-0.2, -0.15) is 11.8 Å². The molecule has 1 rings (SSSR count). The van der Waals surface area contributed by atoms with Crippen LogP contribution in [-0.2, 0) is 9.53 Å². The molecule has 0 spiro atoms. The van der Waals surface area contributed by atoms with Gasteiger partial charge in [0.15, 0.2) is 0 Å². The van der Waals surface area contributed by atoms with Crippen LogP contribution < -0.4 is 11.1 Å². The lowest BCUT2D eigenvalue weighted by Gasteiger charge is -2.41. The molecule has 1 aliphatic heterocycles. The number of methoxy groups -OCH3 is 1. The standard InChI is InChI=1S/C14H27N3O2S2/c1-11(12(18)16-7-4-10-19-2)17-8-5-14(21-3,6-9-17)13(15)20/h11H,4-10H2,1-3H3,(H2,15,20)(H,16,18). The van der Waals surface area contributed by atoms with Gasteiger partial charge in [0.2, 0.25) is 5.91 Å². The van der Waals surface area contributed by atoms with Crippen molar-refractivity contribution >= 4 is 34.9 Å². The molecule has 0 saturated carbocycles. The highest BCUT2D eigenvalue weighted by molar-refractivity contribution is 8.02. The maximum atomic E-state index is 12.1. The van der Waals surface area contributed by atoms with Crippen LogP contribution in [0, 0.1) is 0 Å². The van der Waals surface area contributed by atoms with E-state index in [1.165, 1.54) is 0 Å². The number of thiocarbonyl (C=S) groups is 1. The fraction of sp³-hybridized carbons (Fsp3) is 0.857. The molecule has 0 aromatic rings. The number of rotatable bonds is 8. The average Bonchev–Trinajstić information content (AvgIpc) is 2.50. The molecule has 0 bridgehead atoms. The van der Waals surface area contributed by atoms with Gasteiger partial charge >= 0.3 is 0 Å². The maximum absolute atomic E-state index is 12.1. The zero-order valence-corrected chi connectivity index (χ0v) is 14.8. The number of hydrogen-bond donors (Lipinski definition) is 2. The second kappa shape index (κ2) is 8.92. The fourth-order valence-corrected chi connectivity index (χ4v) is 3.81. The Morgan fingerprint density at radius 1 is 1.52 bits per heavy atom. The number of piperidine rings is 1. The van der Waals surface area contributed by atoms with Crippen LogP contribution in [0.3, 0.4) is 0 Å². The van der Waals surface area contributed by atoms with Gasteiger partial charge in [-0.05, 0) is 32.4 Å². The topological polar surface area (TPSA) is 67.6 Å². The first-order valence-electron chi connectivity index (χ1n) is 7.32. The third-order valence-electron chi connectivity index (χ3n) is 4.20. The number of thioether (sulfide) groups is 1. The average molecular weight is 334 g/mol. The number of ether oxygens (including phenoxy) is 1. The number of nitrogens with two attached hydrogens (primary N) is 1. The first-order valence-corrected chi connectivity index (χ1v) is 8.96. The molecule has 0 aromatic heterocycles. The first-order chi connectivity index (χ1) is 9.96. The number of carbonyl (C=O) groups is 1. The molecule has 1 atom stereocenters. The lowest BCUT2D eigenvalue weighted by molar-refractivity contribution is -0.126. The lowest BCUT2D eigenvalue weighted by atomic mass is 9.94. The smallest absolute Gasteiger partial charge is 0.237 e. The van der Waals surface area contributed by atoms with E-state index in [1.54, 1.807) is 18.9 Å². The molecule has 1 unspecified atom stereocenters. The highest BCUT2D eigenvalue weighted by atomic mass is 32.2. The number of amides is 1. The van der Waals surface area contributed by atoms with Crippen LogP contribution in [0.5, 0.6) is 0 Å². The quantitative estimate of drug-likeness (QED) is 0.510. The van der Waals surface area contributed by atoms with Crippen LogP contribution >= 0.6 is 24.0 Å². The van der Waals surface area contributed by atoms with Crippen LogP contribution in [0.25, 0.3) is 0 Å². The summed E-state index contributed by atoms with van der Waals surface area (Å²) in [5.74, 6) is 0.0816. The van der Waals surface area contributed by atoms with Gasteiger partial charge < -0.3 is 15.8 Å². The second-order valence-corrected chi connectivity index (χ2v) is 7.04. The van der Waals surface area contributed by atoms with Crippen molar-refractivity contribution in [2.24, 2.45) is 5.73 Å². The van der Waals surface area contributed by atoms with Gasteiger partial charge in [0, 0.05) is 33.4 Å². The summed E-state index contributed by atoms with van der Waals surface area (Å²) in [5.41, 5.74) is 5.89. The number of nitrogens with zero attached hydrogens (tertiary/aromatic N) is 1. The van der Waals surface area contributed by atoms with E-state index in [0.29, 0.717) is 18.1 Å². The van der Waals surface area contributed by atoms with Crippen molar-refractivity contribution in [3.63, 3.8) is 0 Å². The van der Waals surface area contributed by atoms with Gasteiger partial charge in [-0.15, -0.1) is 0 Å². The number of hydrogen-bond acceptors (Lipinski definition) is 5. The molecule has 21 heavy (non-hydrogen) atoms. The summed E-state index contributed by atoms with van der Waals surface area (Å²) in [6, 6.07) is -0.112. The van der Waals surface area contributed by atoms with Gasteiger partial charge in [-0.3, -0.25) is 9.69 Å². The minimum absolute atomic E-state index is 0.0816. The summed E-state index contributed by atoms with van der Waals surface area (Å²) in [5, 5.41) is 2.96. The summed E-state index contributed by atoms with van der Waals surface area (Å²) < 4.78 is 4.87. The van der Waals surface area contributed by atoms with Gasteiger partial charge in [0.05, 0.1) is 15.8 Å². The molecule has 1 heterocycles. The molecule has 3 N–H and O–H groups in total. The van der Waals surface area contributed by atoms with E-state index in [1.807, 2.05) is 6.92 Å². The molecule has 5 nitrogen and oxygen atoms in total. The van der Waals surface area contributed by atoms with E-state index in [2.05, 4.69) is 16.5 Å². The molecule has 122 valence electrons. The van der Waals surface area contributed by atoms with Crippen molar-refractivity contribution in [3.05, 3.63) is 0 Å². The summed E-state index contributed by atoms with van der Waals surface area (Å²) >= 11 is 6.95. The first kappa shape index (κ1) is 18.7. The molecule has 1 fully saturated rings. The SMILES string of the molecule is COCCCNC(=O)C(C)N1CCC(SC)(C(N)=S)CC1. The van der Waals surface area contributed by atoms with Crippen molar-refractivity contribution in [1.29, 1.82) is 0 Å². The lowest BCUT2D eigenvalue weighted by Crippen LogP contribution is -2.54. The van der Waals surface area contributed by atoms with Crippen LogP contribution in [0.15, 0.2) is 0 Å². The van der Waals surface area contributed by atoms with E-state index in [-0.39, 0.29) is 16.7 Å². The van der Waals surface area contributed by atoms with Crippen molar-refractivity contribution in [1.82, 2.24) is 10.2 Å². The third kappa shape index (κ3) is 5.09. The fourth-order valence-electron chi connectivity index (χ4n) is 2.57. The molecule has 1 aliphatic rings. The normalized spacial score (nSPS) is 20.0.